The fourth-order valence-corrected chi connectivity index (χ4v) is 3.30. The van der Waals surface area contributed by atoms with Crippen molar-refractivity contribution in [1.29, 1.82) is 0 Å². The van der Waals surface area contributed by atoms with Crippen molar-refractivity contribution in [3.8, 4) is 11.3 Å². The molecule has 0 saturated carbocycles. The van der Waals surface area contributed by atoms with E-state index in [0.29, 0.717) is 30.3 Å². The fourth-order valence-electron chi connectivity index (χ4n) is 3.11. The van der Waals surface area contributed by atoms with Crippen LogP contribution in [0.25, 0.3) is 17.4 Å². The van der Waals surface area contributed by atoms with E-state index in [2.05, 4.69) is 5.16 Å². The molecule has 0 bridgehead atoms. The predicted octanol–water partition coefficient (Wildman–Crippen LogP) is 4.73. The molecule has 0 spiro atoms. The number of fused-ring (bicyclic) bond motifs is 1. The zero-order valence-electron chi connectivity index (χ0n) is 14.4. The highest BCUT2D eigenvalue weighted by Gasteiger charge is 2.26. The van der Waals surface area contributed by atoms with Gasteiger partial charge in [0.2, 0.25) is 5.91 Å². The van der Waals surface area contributed by atoms with Crippen molar-refractivity contribution in [2.75, 3.05) is 6.54 Å². The number of hydrogen-bond donors (Lipinski definition) is 0. The Bertz CT molecular complexity index is 1010. The summed E-state index contributed by atoms with van der Waals surface area (Å²) in [6.45, 7) is 0.964. The number of nitrogens with zero attached hydrogens (tertiary/aromatic N) is 2. The quantitative estimate of drug-likeness (QED) is 0.615. The largest absolute Gasteiger partial charge is 0.356 e. The van der Waals surface area contributed by atoms with Gasteiger partial charge in [-0.05, 0) is 42.0 Å². The lowest BCUT2D eigenvalue weighted by atomic mass is 10.0. The fraction of sp³-hybridized carbons (Fsp3) is 0.143. The number of carbonyl (C=O) groups excluding carboxylic acids is 1. The second-order valence-corrected chi connectivity index (χ2v) is 6.72. The molecule has 0 N–H and O–H groups in total. The number of carbonyl (C=O) groups is 1. The van der Waals surface area contributed by atoms with E-state index in [1.54, 1.807) is 29.2 Å². The number of amides is 1. The smallest absolute Gasteiger partial charge is 0.246 e. The highest BCUT2D eigenvalue weighted by Crippen LogP contribution is 2.30. The topological polar surface area (TPSA) is 46.3 Å². The normalized spacial score (nSPS) is 13.8. The third-order valence-corrected chi connectivity index (χ3v) is 4.91. The van der Waals surface area contributed by atoms with Crippen molar-refractivity contribution in [2.24, 2.45) is 0 Å². The van der Waals surface area contributed by atoms with Crippen LogP contribution >= 0.6 is 11.6 Å². The maximum Gasteiger partial charge on any atom is 0.246 e. The van der Waals surface area contributed by atoms with E-state index >= 15 is 0 Å². The zero-order valence-corrected chi connectivity index (χ0v) is 15.1. The molecule has 136 valence electrons. The number of halogens is 2. The molecule has 1 amide bonds. The molecule has 1 aliphatic rings. The molecule has 3 aromatic rings. The van der Waals surface area contributed by atoms with Crippen molar-refractivity contribution >= 4 is 23.6 Å². The molecule has 27 heavy (non-hydrogen) atoms. The summed E-state index contributed by atoms with van der Waals surface area (Å²) in [7, 11) is 0. The van der Waals surface area contributed by atoms with E-state index < -0.39 is 0 Å². The van der Waals surface area contributed by atoms with Gasteiger partial charge < -0.3 is 9.42 Å². The Morgan fingerprint density at radius 2 is 1.96 bits per heavy atom. The first-order chi connectivity index (χ1) is 13.1. The summed E-state index contributed by atoms with van der Waals surface area (Å²) < 4.78 is 18.6. The highest BCUT2D eigenvalue weighted by molar-refractivity contribution is 6.32. The Morgan fingerprint density at radius 1 is 1.19 bits per heavy atom. The molecule has 2 aromatic carbocycles. The van der Waals surface area contributed by atoms with Gasteiger partial charge in [-0.1, -0.05) is 35.0 Å². The van der Waals surface area contributed by atoms with Gasteiger partial charge in [-0.3, -0.25) is 4.79 Å². The van der Waals surface area contributed by atoms with Crippen LogP contribution < -0.4 is 0 Å². The molecule has 0 unspecified atom stereocenters. The van der Waals surface area contributed by atoms with Gasteiger partial charge in [0.15, 0.2) is 5.76 Å². The van der Waals surface area contributed by atoms with Gasteiger partial charge in [0.1, 0.15) is 5.82 Å². The van der Waals surface area contributed by atoms with Crippen LogP contribution in [-0.4, -0.2) is 22.5 Å². The molecule has 0 saturated heterocycles. The van der Waals surface area contributed by atoms with Crippen molar-refractivity contribution in [3.63, 3.8) is 0 Å². The van der Waals surface area contributed by atoms with Crippen LogP contribution in [0.4, 0.5) is 4.39 Å². The van der Waals surface area contributed by atoms with Gasteiger partial charge in [0, 0.05) is 35.2 Å². The summed E-state index contributed by atoms with van der Waals surface area (Å²) in [5.41, 5.74) is 3.24. The maximum absolute atomic E-state index is 13.2. The molecule has 2 heterocycles. The Balaban J connectivity index is 1.54. The molecule has 0 fully saturated rings. The van der Waals surface area contributed by atoms with E-state index in [4.69, 9.17) is 16.1 Å². The Labute approximate surface area is 160 Å². The first kappa shape index (κ1) is 17.5. The zero-order chi connectivity index (χ0) is 18.8. The second-order valence-electron chi connectivity index (χ2n) is 6.31. The summed E-state index contributed by atoms with van der Waals surface area (Å²) in [4.78, 5) is 14.3. The van der Waals surface area contributed by atoms with Gasteiger partial charge in [-0.2, -0.15) is 0 Å². The summed E-state index contributed by atoms with van der Waals surface area (Å²) >= 11 is 6.12. The maximum atomic E-state index is 13.2. The van der Waals surface area contributed by atoms with Crippen LogP contribution in [-0.2, 0) is 17.8 Å². The number of rotatable bonds is 3. The van der Waals surface area contributed by atoms with Crippen molar-refractivity contribution < 1.29 is 13.7 Å². The molecule has 0 aliphatic carbocycles. The lowest BCUT2D eigenvalue weighted by molar-refractivity contribution is -0.126. The average molecular weight is 383 g/mol. The molecular formula is C21H16ClFN2O2. The Hall–Kier alpha value is -2.92. The van der Waals surface area contributed by atoms with Crippen molar-refractivity contribution in [1.82, 2.24) is 10.1 Å². The summed E-state index contributed by atoms with van der Waals surface area (Å²) in [5, 5.41) is 4.71. The first-order valence-corrected chi connectivity index (χ1v) is 8.94. The van der Waals surface area contributed by atoms with Crippen LogP contribution in [0, 0.1) is 5.82 Å². The minimum absolute atomic E-state index is 0.105. The van der Waals surface area contributed by atoms with Gasteiger partial charge in [-0.15, -0.1) is 0 Å². The summed E-state index contributed by atoms with van der Waals surface area (Å²) in [6.07, 6.45) is 3.86. The van der Waals surface area contributed by atoms with Crippen LogP contribution in [0.3, 0.4) is 0 Å². The highest BCUT2D eigenvalue weighted by atomic mass is 35.5. The minimum atomic E-state index is -0.311. The summed E-state index contributed by atoms with van der Waals surface area (Å²) in [5.74, 6) is 0.165. The van der Waals surface area contributed by atoms with E-state index in [-0.39, 0.29) is 11.7 Å². The minimum Gasteiger partial charge on any atom is -0.356 e. The molecule has 4 rings (SSSR count). The van der Waals surface area contributed by atoms with Crippen LogP contribution in [0.15, 0.2) is 59.1 Å². The molecule has 4 nitrogen and oxygen atoms in total. The van der Waals surface area contributed by atoms with E-state index in [0.717, 1.165) is 22.4 Å². The Morgan fingerprint density at radius 3 is 2.74 bits per heavy atom. The number of benzene rings is 2. The third kappa shape index (κ3) is 3.64. The number of hydrogen-bond acceptors (Lipinski definition) is 3. The van der Waals surface area contributed by atoms with Gasteiger partial charge in [0.25, 0.3) is 0 Å². The van der Waals surface area contributed by atoms with Crippen molar-refractivity contribution in [2.45, 2.75) is 13.0 Å². The molecule has 1 aromatic heterocycles. The standard InChI is InChI=1S/C21H16ClFN2O2/c22-18-4-2-1-3-14(18)7-10-20(26)25-12-11-19-17(13-25)21(27-24-19)15-5-8-16(23)9-6-15/h1-10H,11-13H2/b10-7+. The van der Waals surface area contributed by atoms with Crippen LogP contribution in [0.2, 0.25) is 5.02 Å². The average Bonchev–Trinajstić information content (AvgIpc) is 3.11. The van der Waals surface area contributed by atoms with Gasteiger partial charge >= 0.3 is 0 Å². The third-order valence-electron chi connectivity index (χ3n) is 4.57. The summed E-state index contributed by atoms with van der Waals surface area (Å²) in [6, 6.07) is 13.4. The predicted molar refractivity (Wildman–Crippen MR) is 102 cm³/mol. The molecular weight excluding hydrogens is 367 g/mol. The van der Waals surface area contributed by atoms with Gasteiger partial charge in [-0.25, -0.2) is 4.39 Å². The number of aromatic nitrogens is 1. The molecule has 6 heteroatoms. The molecule has 0 radical (unpaired) electrons. The van der Waals surface area contributed by atoms with E-state index in [1.165, 1.54) is 18.2 Å². The van der Waals surface area contributed by atoms with Crippen LogP contribution in [0.5, 0.6) is 0 Å². The second kappa shape index (κ2) is 7.37. The lowest BCUT2D eigenvalue weighted by Crippen LogP contribution is -2.34. The monoisotopic (exact) mass is 382 g/mol. The SMILES string of the molecule is O=C(/C=C/c1ccccc1Cl)N1CCc2noc(-c3ccc(F)cc3)c2C1. The molecule has 1 aliphatic heterocycles. The Kier molecular flexibility index (Phi) is 4.77. The van der Waals surface area contributed by atoms with Gasteiger partial charge in [0.05, 0.1) is 12.2 Å². The molecule has 0 atom stereocenters. The first-order valence-electron chi connectivity index (χ1n) is 8.56. The van der Waals surface area contributed by atoms with E-state index in [1.807, 2.05) is 18.2 Å². The van der Waals surface area contributed by atoms with Crippen molar-refractivity contribution in [3.05, 3.63) is 82.3 Å². The van der Waals surface area contributed by atoms with Crippen LogP contribution in [0.1, 0.15) is 16.8 Å². The van der Waals surface area contributed by atoms with E-state index in [9.17, 15) is 9.18 Å². The lowest BCUT2D eigenvalue weighted by Gasteiger charge is -2.25.